The van der Waals surface area contributed by atoms with Crippen molar-refractivity contribution >= 4 is 11.6 Å². The highest BCUT2D eigenvalue weighted by molar-refractivity contribution is 6.32. The van der Waals surface area contributed by atoms with E-state index in [0.717, 1.165) is 5.69 Å². The molecule has 0 unspecified atom stereocenters. The van der Waals surface area contributed by atoms with Gasteiger partial charge in [0.2, 0.25) is 0 Å². The van der Waals surface area contributed by atoms with Crippen molar-refractivity contribution < 1.29 is 0 Å². The first kappa shape index (κ1) is 8.79. The summed E-state index contributed by atoms with van der Waals surface area (Å²) in [5.41, 5.74) is 1.38. The Morgan fingerprint density at radius 1 is 1.43 bits per heavy atom. The van der Waals surface area contributed by atoms with Crippen LogP contribution in [0.25, 0.3) is 5.69 Å². The molecule has 0 saturated carbocycles. The van der Waals surface area contributed by atoms with Crippen molar-refractivity contribution in [3.8, 4) is 11.8 Å². The van der Waals surface area contributed by atoms with Gasteiger partial charge in [0.25, 0.3) is 0 Å². The van der Waals surface area contributed by atoms with E-state index in [9.17, 15) is 0 Å². The van der Waals surface area contributed by atoms with Gasteiger partial charge in [-0.3, -0.25) is 0 Å². The predicted octanol–water partition coefficient (Wildman–Crippen LogP) is 2.40. The lowest BCUT2D eigenvalue weighted by atomic mass is 10.2. The van der Waals surface area contributed by atoms with Crippen molar-refractivity contribution in [2.75, 3.05) is 0 Å². The van der Waals surface area contributed by atoms with Crippen molar-refractivity contribution in [2.45, 2.75) is 0 Å². The molecule has 0 fully saturated rings. The van der Waals surface area contributed by atoms with Crippen LogP contribution in [0.2, 0.25) is 5.02 Å². The Morgan fingerprint density at radius 3 is 2.86 bits per heavy atom. The standard InChI is InChI=1S/C10H6ClN3/c11-9-5-8(6-12)1-2-10(9)14-4-3-13-7-14/h1-5,7H. The molecule has 3 nitrogen and oxygen atoms in total. The topological polar surface area (TPSA) is 41.6 Å². The second-order valence-electron chi connectivity index (χ2n) is 2.75. The Hall–Kier alpha value is -1.79. The molecule has 0 aliphatic rings. The average molecular weight is 204 g/mol. The molecule has 0 atom stereocenters. The molecule has 1 heterocycles. The van der Waals surface area contributed by atoms with Crippen molar-refractivity contribution in [1.29, 1.82) is 5.26 Å². The van der Waals surface area contributed by atoms with Gasteiger partial charge in [0, 0.05) is 12.4 Å². The van der Waals surface area contributed by atoms with Crippen LogP contribution in [-0.4, -0.2) is 9.55 Å². The Balaban J connectivity index is 2.52. The highest BCUT2D eigenvalue weighted by Gasteiger charge is 2.02. The Bertz CT molecular complexity index is 483. The Labute approximate surface area is 86.2 Å². The van der Waals surface area contributed by atoms with E-state index in [1.54, 1.807) is 41.5 Å². The highest BCUT2D eigenvalue weighted by atomic mass is 35.5. The molecule has 4 heteroatoms. The van der Waals surface area contributed by atoms with Gasteiger partial charge in [0.1, 0.15) is 0 Å². The summed E-state index contributed by atoms with van der Waals surface area (Å²) in [4.78, 5) is 3.92. The fraction of sp³-hybridized carbons (Fsp3) is 0. The van der Waals surface area contributed by atoms with Gasteiger partial charge in [-0.2, -0.15) is 5.26 Å². The predicted molar refractivity (Wildman–Crippen MR) is 53.3 cm³/mol. The molecule has 14 heavy (non-hydrogen) atoms. The zero-order valence-corrected chi connectivity index (χ0v) is 7.94. The van der Waals surface area contributed by atoms with Crippen LogP contribution < -0.4 is 0 Å². The number of imidazole rings is 1. The van der Waals surface area contributed by atoms with Crippen molar-refractivity contribution in [2.24, 2.45) is 0 Å². The molecule has 0 aliphatic carbocycles. The van der Waals surface area contributed by atoms with E-state index in [4.69, 9.17) is 16.9 Å². The maximum Gasteiger partial charge on any atom is 0.0992 e. The fourth-order valence-corrected chi connectivity index (χ4v) is 1.47. The maximum absolute atomic E-state index is 8.66. The van der Waals surface area contributed by atoms with Crippen LogP contribution in [0.3, 0.4) is 0 Å². The van der Waals surface area contributed by atoms with Crippen molar-refractivity contribution in [1.82, 2.24) is 9.55 Å². The molecule has 0 amide bonds. The van der Waals surface area contributed by atoms with Crippen LogP contribution in [0, 0.1) is 11.3 Å². The number of nitriles is 1. The van der Waals surface area contributed by atoms with Gasteiger partial charge < -0.3 is 4.57 Å². The summed E-state index contributed by atoms with van der Waals surface area (Å²) in [5.74, 6) is 0. The lowest BCUT2D eigenvalue weighted by Gasteiger charge is -2.04. The zero-order valence-electron chi connectivity index (χ0n) is 7.18. The van der Waals surface area contributed by atoms with E-state index < -0.39 is 0 Å². The third-order valence-electron chi connectivity index (χ3n) is 1.86. The van der Waals surface area contributed by atoms with E-state index in [2.05, 4.69) is 4.98 Å². The lowest BCUT2D eigenvalue weighted by Crippen LogP contribution is -1.91. The largest absolute Gasteiger partial charge is 0.305 e. The Kier molecular flexibility index (Phi) is 2.21. The van der Waals surface area contributed by atoms with Gasteiger partial charge in [0.15, 0.2) is 0 Å². The van der Waals surface area contributed by atoms with E-state index in [1.165, 1.54) is 0 Å². The molecule has 0 aliphatic heterocycles. The number of aromatic nitrogens is 2. The molecule has 0 saturated heterocycles. The zero-order chi connectivity index (χ0) is 9.97. The summed E-state index contributed by atoms with van der Waals surface area (Å²) in [6.07, 6.45) is 5.13. The number of hydrogen-bond donors (Lipinski definition) is 0. The third-order valence-corrected chi connectivity index (χ3v) is 2.16. The molecule has 0 N–H and O–H groups in total. The number of hydrogen-bond acceptors (Lipinski definition) is 2. The SMILES string of the molecule is N#Cc1ccc(-n2ccnc2)c(Cl)c1. The molecule has 2 rings (SSSR count). The highest BCUT2D eigenvalue weighted by Crippen LogP contribution is 2.21. The molecule has 0 spiro atoms. The molecule has 2 aromatic rings. The minimum absolute atomic E-state index is 0.544. The molecule has 1 aromatic heterocycles. The molecule has 1 aromatic carbocycles. The van der Waals surface area contributed by atoms with E-state index >= 15 is 0 Å². The van der Waals surface area contributed by atoms with Crippen molar-refractivity contribution in [3.63, 3.8) is 0 Å². The first-order valence-electron chi connectivity index (χ1n) is 3.99. The minimum Gasteiger partial charge on any atom is -0.305 e. The fourth-order valence-electron chi connectivity index (χ4n) is 1.19. The quantitative estimate of drug-likeness (QED) is 0.714. The van der Waals surface area contributed by atoms with Gasteiger partial charge in [-0.05, 0) is 18.2 Å². The summed E-state index contributed by atoms with van der Waals surface area (Å²) in [6.45, 7) is 0. The van der Waals surface area contributed by atoms with E-state index in [0.29, 0.717) is 10.6 Å². The van der Waals surface area contributed by atoms with Crippen LogP contribution in [0.15, 0.2) is 36.9 Å². The third kappa shape index (κ3) is 1.48. The number of benzene rings is 1. The molecule has 0 bridgehead atoms. The molecular weight excluding hydrogens is 198 g/mol. The number of halogens is 1. The van der Waals surface area contributed by atoms with Gasteiger partial charge >= 0.3 is 0 Å². The summed E-state index contributed by atoms with van der Waals surface area (Å²) >= 11 is 6.00. The maximum atomic E-state index is 8.66. The van der Waals surface area contributed by atoms with Crippen molar-refractivity contribution in [3.05, 3.63) is 47.5 Å². The van der Waals surface area contributed by atoms with E-state index in [1.807, 2.05) is 6.07 Å². The molecule has 0 radical (unpaired) electrons. The second-order valence-corrected chi connectivity index (χ2v) is 3.16. The average Bonchev–Trinajstić information content (AvgIpc) is 2.70. The normalized spacial score (nSPS) is 9.71. The summed E-state index contributed by atoms with van der Waals surface area (Å²) < 4.78 is 1.80. The van der Waals surface area contributed by atoms with Gasteiger partial charge in [0.05, 0.1) is 28.7 Å². The summed E-state index contributed by atoms with van der Waals surface area (Å²) in [6, 6.07) is 7.18. The first-order chi connectivity index (χ1) is 6.81. The van der Waals surface area contributed by atoms with E-state index in [-0.39, 0.29) is 0 Å². The van der Waals surface area contributed by atoms with Gasteiger partial charge in [-0.15, -0.1) is 0 Å². The van der Waals surface area contributed by atoms with Crippen LogP contribution in [0.5, 0.6) is 0 Å². The first-order valence-corrected chi connectivity index (χ1v) is 4.37. The molecule has 68 valence electrons. The minimum atomic E-state index is 0.544. The molecular formula is C10H6ClN3. The Morgan fingerprint density at radius 2 is 2.29 bits per heavy atom. The van der Waals surface area contributed by atoms with Gasteiger partial charge in [-0.1, -0.05) is 11.6 Å². The van der Waals surface area contributed by atoms with Crippen LogP contribution in [0.1, 0.15) is 5.56 Å². The van der Waals surface area contributed by atoms with Crippen LogP contribution in [-0.2, 0) is 0 Å². The summed E-state index contributed by atoms with van der Waals surface area (Å²) in [7, 11) is 0. The number of rotatable bonds is 1. The smallest absolute Gasteiger partial charge is 0.0992 e. The monoisotopic (exact) mass is 203 g/mol. The van der Waals surface area contributed by atoms with Gasteiger partial charge in [-0.25, -0.2) is 4.98 Å². The summed E-state index contributed by atoms with van der Waals surface area (Å²) in [5, 5.41) is 9.20. The second kappa shape index (κ2) is 3.52. The number of nitrogens with zero attached hydrogens (tertiary/aromatic N) is 3. The lowest BCUT2D eigenvalue weighted by molar-refractivity contribution is 1.06. The van der Waals surface area contributed by atoms with Crippen LogP contribution in [0.4, 0.5) is 0 Å². The van der Waals surface area contributed by atoms with Crippen LogP contribution >= 0.6 is 11.6 Å².